The quantitative estimate of drug-likeness (QED) is 0.618. The number of aliphatic hydroxyl groups excluding tert-OH is 1. The van der Waals surface area contributed by atoms with Gasteiger partial charge in [0, 0.05) is 12.2 Å². The molecule has 0 saturated heterocycles. The lowest BCUT2D eigenvalue weighted by Crippen LogP contribution is -1.90. The van der Waals surface area contributed by atoms with Crippen LogP contribution in [0, 0.1) is 0 Å². The first kappa shape index (κ1) is 11.5. The maximum Gasteiger partial charge on any atom is 0.185 e. The number of rotatable bonds is 5. The second-order valence-electron chi connectivity index (χ2n) is 2.67. The molecular weight excluding hydrogens is 212 g/mol. The molecule has 4 heteroatoms. The van der Waals surface area contributed by atoms with E-state index in [9.17, 15) is 9.90 Å². The van der Waals surface area contributed by atoms with Crippen LogP contribution in [0.15, 0.2) is 35.9 Å². The minimum absolute atomic E-state index is 0.0175. The molecule has 0 radical (unpaired) electrons. The van der Waals surface area contributed by atoms with Crippen molar-refractivity contribution in [3.8, 4) is 0 Å². The van der Waals surface area contributed by atoms with E-state index in [0.29, 0.717) is 11.5 Å². The molecule has 1 rings (SSSR count). The molecule has 1 aromatic rings. The SMILES string of the molecule is CCO/C=C/C(=O)/C=C(\O)c1cccs1. The van der Waals surface area contributed by atoms with Gasteiger partial charge < -0.3 is 9.84 Å². The summed E-state index contributed by atoms with van der Waals surface area (Å²) in [7, 11) is 0. The number of thiophene rings is 1. The van der Waals surface area contributed by atoms with Crippen LogP contribution < -0.4 is 0 Å². The molecule has 1 N–H and O–H groups in total. The molecule has 0 fully saturated rings. The van der Waals surface area contributed by atoms with Crippen LogP contribution >= 0.6 is 11.3 Å². The van der Waals surface area contributed by atoms with Crippen LogP contribution in [0.3, 0.4) is 0 Å². The molecular formula is C11H12O3S. The number of carbonyl (C=O) groups excluding carboxylic acids is 1. The Morgan fingerprint density at radius 2 is 2.47 bits per heavy atom. The molecule has 1 aromatic heterocycles. The van der Waals surface area contributed by atoms with Gasteiger partial charge in [-0.25, -0.2) is 0 Å². The van der Waals surface area contributed by atoms with E-state index in [4.69, 9.17) is 4.74 Å². The standard InChI is InChI=1S/C11H12O3S/c1-2-14-6-5-9(12)8-10(13)11-4-3-7-15-11/h3-8,13H,2H2,1H3/b6-5+,10-8-. The first-order valence-corrected chi connectivity index (χ1v) is 5.38. The fourth-order valence-electron chi connectivity index (χ4n) is 0.890. The highest BCUT2D eigenvalue weighted by molar-refractivity contribution is 7.11. The van der Waals surface area contributed by atoms with Gasteiger partial charge in [-0.15, -0.1) is 11.3 Å². The van der Waals surface area contributed by atoms with Crippen molar-refractivity contribution in [1.29, 1.82) is 0 Å². The van der Waals surface area contributed by atoms with Gasteiger partial charge in [-0.3, -0.25) is 4.79 Å². The van der Waals surface area contributed by atoms with Crippen LogP contribution in [0.25, 0.3) is 5.76 Å². The summed E-state index contributed by atoms with van der Waals surface area (Å²) in [6.07, 6.45) is 3.76. The van der Waals surface area contributed by atoms with Gasteiger partial charge in [-0.1, -0.05) is 6.07 Å². The highest BCUT2D eigenvalue weighted by Crippen LogP contribution is 2.17. The van der Waals surface area contributed by atoms with Gasteiger partial charge in [0.25, 0.3) is 0 Å². The first-order valence-electron chi connectivity index (χ1n) is 4.50. The van der Waals surface area contributed by atoms with Gasteiger partial charge in [0.15, 0.2) is 5.78 Å². The van der Waals surface area contributed by atoms with Crippen molar-refractivity contribution in [3.05, 3.63) is 40.8 Å². The topological polar surface area (TPSA) is 46.5 Å². The highest BCUT2D eigenvalue weighted by atomic mass is 32.1. The summed E-state index contributed by atoms with van der Waals surface area (Å²) in [5, 5.41) is 11.3. The lowest BCUT2D eigenvalue weighted by molar-refractivity contribution is -0.110. The monoisotopic (exact) mass is 224 g/mol. The molecule has 0 aliphatic heterocycles. The summed E-state index contributed by atoms with van der Waals surface area (Å²) in [6, 6.07) is 3.56. The van der Waals surface area contributed by atoms with Gasteiger partial charge in [0.2, 0.25) is 0 Å². The van der Waals surface area contributed by atoms with Crippen LogP contribution in [0.4, 0.5) is 0 Å². The lowest BCUT2D eigenvalue weighted by atomic mass is 10.3. The Morgan fingerprint density at radius 3 is 3.07 bits per heavy atom. The molecule has 0 bridgehead atoms. The summed E-state index contributed by atoms with van der Waals surface area (Å²) in [4.78, 5) is 11.9. The van der Waals surface area contributed by atoms with Crippen LogP contribution in [0.5, 0.6) is 0 Å². The largest absolute Gasteiger partial charge is 0.506 e. The summed E-state index contributed by atoms with van der Waals surface area (Å²) in [6.45, 7) is 2.35. The zero-order chi connectivity index (χ0) is 11.1. The van der Waals surface area contributed by atoms with E-state index in [1.807, 2.05) is 18.4 Å². The number of ether oxygens (including phenoxy) is 1. The average molecular weight is 224 g/mol. The third-order valence-corrected chi connectivity index (χ3v) is 2.44. The molecule has 3 nitrogen and oxygen atoms in total. The van der Waals surface area contributed by atoms with Gasteiger partial charge >= 0.3 is 0 Å². The average Bonchev–Trinajstić information content (AvgIpc) is 2.70. The third-order valence-electron chi connectivity index (χ3n) is 1.55. The van der Waals surface area contributed by atoms with Crippen molar-refractivity contribution in [2.75, 3.05) is 6.61 Å². The number of hydrogen-bond acceptors (Lipinski definition) is 4. The van der Waals surface area contributed by atoms with Crippen LogP contribution in [-0.2, 0) is 9.53 Å². The van der Waals surface area contributed by atoms with E-state index in [0.717, 1.165) is 0 Å². The Balaban J connectivity index is 2.59. The summed E-state index contributed by atoms with van der Waals surface area (Å²) in [5.41, 5.74) is 0. The summed E-state index contributed by atoms with van der Waals surface area (Å²) in [5.74, 6) is -0.314. The minimum Gasteiger partial charge on any atom is -0.506 e. The van der Waals surface area contributed by atoms with Gasteiger partial charge in [0.05, 0.1) is 17.7 Å². The number of ketones is 1. The Kier molecular flexibility index (Phi) is 4.63. The first-order chi connectivity index (χ1) is 7.24. The molecule has 0 atom stereocenters. The Bertz CT molecular complexity index is 363. The van der Waals surface area contributed by atoms with E-state index in [-0.39, 0.29) is 11.5 Å². The molecule has 80 valence electrons. The Morgan fingerprint density at radius 1 is 1.67 bits per heavy atom. The number of allylic oxidation sites excluding steroid dienone is 2. The maximum absolute atomic E-state index is 11.2. The molecule has 15 heavy (non-hydrogen) atoms. The Hall–Kier alpha value is -1.55. The molecule has 0 aliphatic rings. The van der Waals surface area contributed by atoms with E-state index in [1.54, 1.807) is 6.07 Å². The maximum atomic E-state index is 11.2. The molecule has 0 amide bonds. The van der Waals surface area contributed by atoms with Crippen molar-refractivity contribution < 1.29 is 14.6 Å². The van der Waals surface area contributed by atoms with Crippen molar-refractivity contribution in [2.45, 2.75) is 6.92 Å². The fourth-order valence-corrected chi connectivity index (χ4v) is 1.53. The van der Waals surface area contributed by atoms with Crippen molar-refractivity contribution in [2.24, 2.45) is 0 Å². The predicted molar refractivity (Wildman–Crippen MR) is 60.7 cm³/mol. The third kappa shape index (κ3) is 3.99. The minimum atomic E-state index is -0.297. The second-order valence-corrected chi connectivity index (χ2v) is 3.62. The second kappa shape index (κ2) is 6.03. The lowest BCUT2D eigenvalue weighted by Gasteiger charge is -1.93. The molecule has 1 heterocycles. The zero-order valence-electron chi connectivity index (χ0n) is 8.34. The Labute approximate surface area is 92.3 Å². The fraction of sp³-hybridized carbons (Fsp3) is 0.182. The number of aliphatic hydroxyl groups is 1. The predicted octanol–water partition coefficient (Wildman–Crippen LogP) is 2.77. The van der Waals surface area contributed by atoms with Crippen LogP contribution in [0.2, 0.25) is 0 Å². The van der Waals surface area contributed by atoms with Crippen LogP contribution in [-0.4, -0.2) is 17.5 Å². The summed E-state index contributed by atoms with van der Waals surface area (Å²) < 4.78 is 4.87. The molecule has 0 aliphatic carbocycles. The molecule has 0 spiro atoms. The normalized spacial score (nSPS) is 11.9. The van der Waals surface area contributed by atoms with E-state index in [1.165, 1.54) is 29.8 Å². The zero-order valence-corrected chi connectivity index (χ0v) is 9.16. The van der Waals surface area contributed by atoms with Crippen molar-refractivity contribution >= 4 is 22.9 Å². The number of carbonyl (C=O) groups is 1. The molecule has 0 unspecified atom stereocenters. The highest BCUT2D eigenvalue weighted by Gasteiger charge is 2.01. The van der Waals surface area contributed by atoms with Gasteiger partial charge in [0.1, 0.15) is 5.76 Å². The summed E-state index contributed by atoms with van der Waals surface area (Å²) >= 11 is 1.38. The van der Waals surface area contributed by atoms with Gasteiger partial charge in [-0.05, 0) is 18.4 Å². The number of hydrogen-bond donors (Lipinski definition) is 1. The van der Waals surface area contributed by atoms with E-state index in [2.05, 4.69) is 0 Å². The van der Waals surface area contributed by atoms with Crippen LogP contribution in [0.1, 0.15) is 11.8 Å². The smallest absolute Gasteiger partial charge is 0.185 e. The van der Waals surface area contributed by atoms with E-state index >= 15 is 0 Å². The van der Waals surface area contributed by atoms with E-state index < -0.39 is 0 Å². The van der Waals surface area contributed by atoms with Crippen molar-refractivity contribution in [1.82, 2.24) is 0 Å². The van der Waals surface area contributed by atoms with Crippen molar-refractivity contribution in [3.63, 3.8) is 0 Å². The molecule has 0 aromatic carbocycles. The van der Waals surface area contributed by atoms with Gasteiger partial charge in [-0.2, -0.15) is 0 Å². The molecule has 0 saturated carbocycles.